The Kier molecular flexibility index (Phi) is 5.45. The van der Waals surface area contributed by atoms with Gasteiger partial charge in [0.25, 0.3) is 0 Å². The molecule has 0 atom stereocenters. The molecular weight excluding hydrogens is 242 g/mol. The Morgan fingerprint density at radius 1 is 1.39 bits per heavy atom. The Hall–Kier alpha value is -0.610. The fourth-order valence-electron chi connectivity index (χ4n) is 2.15. The molecule has 1 aliphatic carbocycles. The molecular formula is C14H25N3S. The van der Waals surface area contributed by atoms with Crippen LogP contribution >= 0.6 is 11.3 Å². The smallest absolute Gasteiger partial charge is 0.185 e. The number of nitrogens with one attached hydrogen (secondary N) is 1. The van der Waals surface area contributed by atoms with E-state index in [0.717, 1.165) is 37.2 Å². The second-order valence-corrected chi connectivity index (χ2v) is 6.14. The first-order valence-corrected chi connectivity index (χ1v) is 8.05. The summed E-state index contributed by atoms with van der Waals surface area (Å²) in [6.45, 7) is 8.57. The quantitative estimate of drug-likeness (QED) is 0.696. The second-order valence-electron chi connectivity index (χ2n) is 5.04. The SMILES string of the molecule is CCN(CC)c1ncc(CNCCCC2CC2)s1. The first-order valence-electron chi connectivity index (χ1n) is 7.23. The summed E-state index contributed by atoms with van der Waals surface area (Å²) in [5.74, 6) is 1.06. The van der Waals surface area contributed by atoms with Crippen molar-refractivity contribution in [3.8, 4) is 0 Å². The molecule has 3 nitrogen and oxygen atoms in total. The monoisotopic (exact) mass is 267 g/mol. The largest absolute Gasteiger partial charge is 0.349 e. The van der Waals surface area contributed by atoms with Crippen molar-refractivity contribution < 1.29 is 0 Å². The highest BCUT2D eigenvalue weighted by Crippen LogP contribution is 2.33. The van der Waals surface area contributed by atoms with Gasteiger partial charge in [-0.1, -0.05) is 12.8 Å². The van der Waals surface area contributed by atoms with E-state index in [2.05, 4.69) is 29.0 Å². The number of hydrogen-bond donors (Lipinski definition) is 1. The van der Waals surface area contributed by atoms with Crippen LogP contribution in [-0.4, -0.2) is 24.6 Å². The minimum absolute atomic E-state index is 0.976. The van der Waals surface area contributed by atoms with Crippen molar-refractivity contribution in [1.82, 2.24) is 10.3 Å². The number of nitrogens with zero attached hydrogens (tertiary/aromatic N) is 2. The van der Waals surface area contributed by atoms with E-state index < -0.39 is 0 Å². The third-order valence-electron chi connectivity index (χ3n) is 3.54. The van der Waals surface area contributed by atoms with Gasteiger partial charge in [-0.15, -0.1) is 11.3 Å². The molecule has 1 aromatic heterocycles. The van der Waals surface area contributed by atoms with Crippen LogP contribution in [0, 0.1) is 5.92 Å². The molecule has 1 heterocycles. The lowest BCUT2D eigenvalue weighted by Crippen LogP contribution is -2.21. The second kappa shape index (κ2) is 7.10. The van der Waals surface area contributed by atoms with Crippen molar-refractivity contribution in [1.29, 1.82) is 0 Å². The lowest BCUT2D eigenvalue weighted by atomic mass is 10.2. The molecule has 4 heteroatoms. The van der Waals surface area contributed by atoms with E-state index in [1.807, 2.05) is 17.5 Å². The molecule has 0 radical (unpaired) electrons. The van der Waals surface area contributed by atoms with Gasteiger partial charge in [-0.05, 0) is 39.2 Å². The minimum Gasteiger partial charge on any atom is -0.349 e. The minimum atomic E-state index is 0.976. The van der Waals surface area contributed by atoms with Gasteiger partial charge in [0.1, 0.15) is 0 Å². The van der Waals surface area contributed by atoms with Crippen LogP contribution in [0.25, 0.3) is 0 Å². The average Bonchev–Trinajstić information content (AvgIpc) is 3.09. The van der Waals surface area contributed by atoms with Crippen LogP contribution in [0.5, 0.6) is 0 Å². The summed E-state index contributed by atoms with van der Waals surface area (Å²) in [6, 6.07) is 0. The molecule has 0 spiro atoms. The highest BCUT2D eigenvalue weighted by Gasteiger charge is 2.19. The predicted octanol–water partition coefficient (Wildman–Crippen LogP) is 3.27. The lowest BCUT2D eigenvalue weighted by Gasteiger charge is -2.16. The molecule has 0 aliphatic heterocycles. The van der Waals surface area contributed by atoms with E-state index in [1.54, 1.807) is 0 Å². The summed E-state index contributed by atoms with van der Waals surface area (Å²) < 4.78 is 0. The Labute approximate surface area is 115 Å². The van der Waals surface area contributed by atoms with Crippen molar-refractivity contribution in [2.45, 2.75) is 46.1 Å². The number of anilines is 1. The van der Waals surface area contributed by atoms with Crippen molar-refractivity contribution in [2.24, 2.45) is 5.92 Å². The van der Waals surface area contributed by atoms with Crippen molar-refractivity contribution in [3.63, 3.8) is 0 Å². The molecule has 18 heavy (non-hydrogen) atoms. The van der Waals surface area contributed by atoms with Crippen LogP contribution in [0.4, 0.5) is 5.13 Å². The van der Waals surface area contributed by atoms with Crippen LogP contribution in [0.15, 0.2) is 6.20 Å². The number of thiazole rings is 1. The highest BCUT2D eigenvalue weighted by atomic mass is 32.1. The molecule has 0 unspecified atom stereocenters. The van der Waals surface area contributed by atoms with E-state index in [0.29, 0.717) is 0 Å². The molecule has 0 saturated heterocycles. The molecule has 2 rings (SSSR count). The summed E-state index contributed by atoms with van der Waals surface area (Å²) in [5, 5.41) is 4.69. The van der Waals surface area contributed by atoms with Gasteiger partial charge < -0.3 is 10.2 Å². The summed E-state index contributed by atoms with van der Waals surface area (Å²) in [5.41, 5.74) is 0. The van der Waals surface area contributed by atoms with Crippen LogP contribution < -0.4 is 10.2 Å². The molecule has 1 aromatic rings. The molecule has 0 amide bonds. The standard InChI is InChI=1S/C14H25N3S/c1-3-17(4-2)14-16-11-13(18-14)10-15-9-5-6-12-7-8-12/h11-12,15H,3-10H2,1-2H3. The molecule has 0 bridgehead atoms. The fraction of sp³-hybridized carbons (Fsp3) is 0.786. The van der Waals surface area contributed by atoms with E-state index in [4.69, 9.17) is 0 Å². The summed E-state index contributed by atoms with van der Waals surface area (Å²) >= 11 is 1.82. The van der Waals surface area contributed by atoms with Crippen LogP contribution in [0.2, 0.25) is 0 Å². The van der Waals surface area contributed by atoms with Gasteiger partial charge >= 0.3 is 0 Å². The molecule has 1 N–H and O–H groups in total. The van der Waals surface area contributed by atoms with Crippen LogP contribution in [0.3, 0.4) is 0 Å². The van der Waals surface area contributed by atoms with Crippen LogP contribution in [0.1, 0.15) is 44.4 Å². The molecule has 1 fully saturated rings. The third-order valence-corrected chi connectivity index (χ3v) is 4.60. The van der Waals surface area contributed by atoms with Gasteiger partial charge in [0.05, 0.1) is 0 Å². The first-order chi connectivity index (χ1) is 8.83. The fourth-order valence-corrected chi connectivity index (χ4v) is 3.16. The van der Waals surface area contributed by atoms with Gasteiger partial charge in [-0.2, -0.15) is 0 Å². The predicted molar refractivity (Wildman–Crippen MR) is 79.3 cm³/mol. The summed E-state index contributed by atoms with van der Waals surface area (Å²) in [6.07, 6.45) is 7.71. The third kappa shape index (κ3) is 4.25. The van der Waals surface area contributed by atoms with Gasteiger partial charge in [0, 0.05) is 30.7 Å². The van der Waals surface area contributed by atoms with Gasteiger partial charge in [-0.25, -0.2) is 4.98 Å². The van der Waals surface area contributed by atoms with Crippen molar-refractivity contribution in [2.75, 3.05) is 24.5 Å². The zero-order valence-electron chi connectivity index (χ0n) is 11.6. The maximum Gasteiger partial charge on any atom is 0.185 e. The normalized spacial score (nSPS) is 15.0. The van der Waals surface area contributed by atoms with E-state index in [9.17, 15) is 0 Å². The Morgan fingerprint density at radius 2 is 2.17 bits per heavy atom. The van der Waals surface area contributed by atoms with Crippen LogP contribution in [-0.2, 0) is 6.54 Å². The lowest BCUT2D eigenvalue weighted by molar-refractivity contribution is 0.596. The van der Waals surface area contributed by atoms with E-state index >= 15 is 0 Å². The molecule has 1 saturated carbocycles. The number of rotatable bonds is 9. The van der Waals surface area contributed by atoms with Gasteiger partial charge in [-0.3, -0.25) is 0 Å². The summed E-state index contributed by atoms with van der Waals surface area (Å²) in [7, 11) is 0. The van der Waals surface area contributed by atoms with Crippen molar-refractivity contribution >= 4 is 16.5 Å². The molecule has 1 aliphatic rings. The van der Waals surface area contributed by atoms with Gasteiger partial charge in [0.2, 0.25) is 0 Å². The van der Waals surface area contributed by atoms with E-state index in [-0.39, 0.29) is 0 Å². The highest BCUT2D eigenvalue weighted by molar-refractivity contribution is 7.15. The number of hydrogen-bond acceptors (Lipinski definition) is 4. The molecule has 102 valence electrons. The zero-order chi connectivity index (χ0) is 12.8. The Bertz CT molecular complexity index is 343. The summed E-state index contributed by atoms with van der Waals surface area (Å²) in [4.78, 5) is 8.16. The first kappa shape index (κ1) is 13.8. The maximum absolute atomic E-state index is 4.50. The topological polar surface area (TPSA) is 28.2 Å². The average molecular weight is 267 g/mol. The van der Waals surface area contributed by atoms with Gasteiger partial charge in [0.15, 0.2) is 5.13 Å². The number of aromatic nitrogens is 1. The Balaban J connectivity index is 1.65. The van der Waals surface area contributed by atoms with E-state index in [1.165, 1.54) is 30.6 Å². The maximum atomic E-state index is 4.50. The van der Waals surface area contributed by atoms with Crippen molar-refractivity contribution in [3.05, 3.63) is 11.1 Å². The Morgan fingerprint density at radius 3 is 2.83 bits per heavy atom. The zero-order valence-corrected chi connectivity index (χ0v) is 12.4. The molecule has 0 aromatic carbocycles.